The largest absolute Gasteiger partial charge is 0.314 e. The van der Waals surface area contributed by atoms with Gasteiger partial charge in [0.15, 0.2) is 0 Å². The lowest BCUT2D eigenvalue weighted by molar-refractivity contribution is -0.116. The minimum atomic E-state index is -0.00440. The van der Waals surface area contributed by atoms with Gasteiger partial charge in [-0.15, -0.1) is 0 Å². The molecule has 88 valence electrons. The van der Waals surface area contributed by atoms with Crippen LogP contribution in [0.1, 0.15) is 25.8 Å². The highest BCUT2D eigenvalue weighted by molar-refractivity contribution is 5.90. The number of hydrogen-bond donors (Lipinski definition) is 2. The summed E-state index contributed by atoms with van der Waals surface area (Å²) < 4.78 is 0. The molecule has 1 heterocycles. The Labute approximate surface area is 96.5 Å². The molecule has 0 aliphatic rings. The van der Waals surface area contributed by atoms with Crippen molar-refractivity contribution < 1.29 is 4.79 Å². The van der Waals surface area contributed by atoms with Gasteiger partial charge in [0.05, 0.1) is 0 Å². The van der Waals surface area contributed by atoms with Crippen LogP contribution < -0.4 is 10.6 Å². The van der Waals surface area contributed by atoms with E-state index in [1.165, 1.54) is 0 Å². The van der Waals surface area contributed by atoms with Gasteiger partial charge in [0.1, 0.15) is 5.82 Å². The molecule has 0 bridgehead atoms. The molecule has 1 amide bonds. The molecule has 2 N–H and O–H groups in total. The molecule has 0 aliphatic heterocycles. The summed E-state index contributed by atoms with van der Waals surface area (Å²) in [5.74, 6) is 0.645. The van der Waals surface area contributed by atoms with Crippen LogP contribution in [0.3, 0.4) is 0 Å². The first-order valence-corrected chi connectivity index (χ1v) is 5.58. The van der Waals surface area contributed by atoms with E-state index in [2.05, 4.69) is 15.6 Å². The summed E-state index contributed by atoms with van der Waals surface area (Å²) in [6.07, 6.45) is 2.14. The summed E-state index contributed by atoms with van der Waals surface area (Å²) in [5, 5.41) is 6.00. The molecule has 4 heteroatoms. The normalized spacial score (nSPS) is 12.2. The molecule has 1 aromatic rings. The molecule has 0 spiro atoms. The van der Waals surface area contributed by atoms with E-state index in [0.717, 1.165) is 12.1 Å². The summed E-state index contributed by atoms with van der Waals surface area (Å²) >= 11 is 0. The van der Waals surface area contributed by atoms with Gasteiger partial charge in [0.25, 0.3) is 0 Å². The number of anilines is 1. The van der Waals surface area contributed by atoms with Gasteiger partial charge in [-0.1, -0.05) is 13.0 Å². The van der Waals surface area contributed by atoms with Gasteiger partial charge < -0.3 is 10.6 Å². The van der Waals surface area contributed by atoms with Crippen LogP contribution in [0.15, 0.2) is 18.3 Å². The molecule has 1 aromatic heterocycles. The number of carbonyl (C=O) groups excluding carboxylic acids is 1. The van der Waals surface area contributed by atoms with Gasteiger partial charge in [-0.25, -0.2) is 4.98 Å². The molecule has 0 saturated heterocycles. The molecular weight excluding hydrogens is 202 g/mol. The molecule has 0 saturated carbocycles. The summed E-state index contributed by atoms with van der Waals surface area (Å²) in [6.45, 7) is 6.82. The second-order valence-electron chi connectivity index (χ2n) is 3.88. The van der Waals surface area contributed by atoms with Crippen molar-refractivity contribution in [3.63, 3.8) is 0 Å². The maximum absolute atomic E-state index is 11.7. The van der Waals surface area contributed by atoms with E-state index in [0.29, 0.717) is 12.2 Å². The van der Waals surface area contributed by atoms with Crippen LogP contribution in [-0.2, 0) is 4.79 Å². The fourth-order valence-corrected chi connectivity index (χ4v) is 1.50. The van der Waals surface area contributed by atoms with Crippen LogP contribution >= 0.6 is 0 Å². The molecule has 1 atom stereocenters. The summed E-state index contributed by atoms with van der Waals surface area (Å²) in [7, 11) is 0. The van der Waals surface area contributed by atoms with Crippen molar-refractivity contribution in [3.05, 3.63) is 23.9 Å². The Balaban J connectivity index is 2.49. The number of rotatable bonds is 5. The highest BCUT2D eigenvalue weighted by Crippen LogP contribution is 2.09. The SMILES string of the molecule is CCNC(C)CC(=O)Nc1ncccc1C. The van der Waals surface area contributed by atoms with Gasteiger partial charge in [-0.05, 0) is 32.0 Å². The third kappa shape index (κ3) is 3.98. The Morgan fingerprint density at radius 3 is 2.94 bits per heavy atom. The average Bonchev–Trinajstić information content (AvgIpc) is 2.21. The van der Waals surface area contributed by atoms with Crippen LogP contribution in [0.2, 0.25) is 0 Å². The zero-order chi connectivity index (χ0) is 12.0. The highest BCUT2D eigenvalue weighted by atomic mass is 16.1. The Bertz CT molecular complexity index is 352. The van der Waals surface area contributed by atoms with E-state index in [4.69, 9.17) is 0 Å². The molecule has 0 radical (unpaired) electrons. The number of pyridine rings is 1. The minimum Gasteiger partial charge on any atom is -0.314 e. The lowest BCUT2D eigenvalue weighted by Crippen LogP contribution is -2.30. The summed E-state index contributed by atoms with van der Waals surface area (Å²) in [4.78, 5) is 15.8. The number of nitrogens with one attached hydrogen (secondary N) is 2. The smallest absolute Gasteiger partial charge is 0.227 e. The minimum absolute atomic E-state index is 0.00440. The highest BCUT2D eigenvalue weighted by Gasteiger charge is 2.09. The van der Waals surface area contributed by atoms with E-state index < -0.39 is 0 Å². The lowest BCUT2D eigenvalue weighted by Gasteiger charge is -2.12. The fraction of sp³-hybridized carbons (Fsp3) is 0.500. The molecular formula is C12H19N3O. The number of carbonyl (C=O) groups is 1. The molecule has 0 fully saturated rings. The van der Waals surface area contributed by atoms with Gasteiger partial charge in [0, 0.05) is 18.7 Å². The first-order valence-electron chi connectivity index (χ1n) is 5.58. The molecule has 1 unspecified atom stereocenters. The van der Waals surface area contributed by atoms with Gasteiger partial charge in [-0.3, -0.25) is 4.79 Å². The third-order valence-corrected chi connectivity index (χ3v) is 2.31. The van der Waals surface area contributed by atoms with Crippen molar-refractivity contribution in [2.24, 2.45) is 0 Å². The topological polar surface area (TPSA) is 54.0 Å². The van der Waals surface area contributed by atoms with Crippen molar-refractivity contribution in [3.8, 4) is 0 Å². The Hall–Kier alpha value is -1.42. The lowest BCUT2D eigenvalue weighted by atomic mass is 10.2. The van der Waals surface area contributed by atoms with Crippen LogP contribution in [-0.4, -0.2) is 23.5 Å². The van der Waals surface area contributed by atoms with Crippen LogP contribution in [0.4, 0.5) is 5.82 Å². The molecule has 4 nitrogen and oxygen atoms in total. The standard InChI is InChI=1S/C12H19N3O/c1-4-13-10(3)8-11(16)15-12-9(2)6-5-7-14-12/h5-7,10,13H,4,8H2,1-3H3,(H,14,15,16). The summed E-state index contributed by atoms with van der Waals surface area (Å²) in [6, 6.07) is 3.97. The molecule has 1 rings (SSSR count). The van der Waals surface area contributed by atoms with E-state index in [1.54, 1.807) is 6.20 Å². The fourth-order valence-electron chi connectivity index (χ4n) is 1.50. The molecule has 0 aromatic carbocycles. The Morgan fingerprint density at radius 1 is 1.56 bits per heavy atom. The van der Waals surface area contributed by atoms with Crippen molar-refractivity contribution in [1.29, 1.82) is 0 Å². The van der Waals surface area contributed by atoms with E-state index in [9.17, 15) is 4.79 Å². The first kappa shape index (κ1) is 12.6. The first-order chi connectivity index (χ1) is 7.63. The predicted octanol–water partition coefficient (Wildman–Crippen LogP) is 1.72. The second kappa shape index (κ2) is 6.23. The van der Waals surface area contributed by atoms with Crippen molar-refractivity contribution >= 4 is 11.7 Å². The van der Waals surface area contributed by atoms with Crippen molar-refractivity contribution in [1.82, 2.24) is 10.3 Å². The van der Waals surface area contributed by atoms with Crippen molar-refractivity contribution in [2.45, 2.75) is 33.2 Å². The van der Waals surface area contributed by atoms with Crippen LogP contribution in [0.5, 0.6) is 0 Å². The van der Waals surface area contributed by atoms with E-state index in [-0.39, 0.29) is 11.9 Å². The number of hydrogen-bond acceptors (Lipinski definition) is 3. The predicted molar refractivity (Wildman–Crippen MR) is 65.4 cm³/mol. The molecule has 16 heavy (non-hydrogen) atoms. The zero-order valence-corrected chi connectivity index (χ0v) is 10.1. The quantitative estimate of drug-likeness (QED) is 0.796. The monoisotopic (exact) mass is 221 g/mol. The Morgan fingerprint density at radius 2 is 2.31 bits per heavy atom. The maximum Gasteiger partial charge on any atom is 0.227 e. The van der Waals surface area contributed by atoms with E-state index >= 15 is 0 Å². The number of amides is 1. The third-order valence-electron chi connectivity index (χ3n) is 2.31. The number of aromatic nitrogens is 1. The van der Waals surface area contributed by atoms with Crippen LogP contribution in [0.25, 0.3) is 0 Å². The van der Waals surface area contributed by atoms with Gasteiger partial charge in [0.2, 0.25) is 5.91 Å². The number of aryl methyl sites for hydroxylation is 1. The Kier molecular flexibility index (Phi) is 4.92. The maximum atomic E-state index is 11.7. The zero-order valence-electron chi connectivity index (χ0n) is 10.1. The van der Waals surface area contributed by atoms with Gasteiger partial charge in [-0.2, -0.15) is 0 Å². The molecule has 0 aliphatic carbocycles. The average molecular weight is 221 g/mol. The van der Waals surface area contributed by atoms with Crippen molar-refractivity contribution in [2.75, 3.05) is 11.9 Å². The summed E-state index contributed by atoms with van der Waals surface area (Å²) in [5.41, 5.74) is 0.979. The number of nitrogens with zero attached hydrogens (tertiary/aromatic N) is 1. The second-order valence-corrected chi connectivity index (χ2v) is 3.88. The van der Waals surface area contributed by atoms with Crippen LogP contribution in [0, 0.1) is 6.92 Å². The van der Waals surface area contributed by atoms with Gasteiger partial charge >= 0.3 is 0 Å². The van der Waals surface area contributed by atoms with E-state index in [1.807, 2.05) is 32.9 Å².